The van der Waals surface area contributed by atoms with Gasteiger partial charge in [0, 0.05) is 6.20 Å². The van der Waals surface area contributed by atoms with Crippen LogP contribution in [-0.4, -0.2) is 44.7 Å². The van der Waals surface area contributed by atoms with Crippen molar-refractivity contribution in [3.05, 3.63) is 54.6 Å². The Labute approximate surface area is 138 Å². The van der Waals surface area contributed by atoms with Crippen molar-refractivity contribution in [2.45, 2.75) is 12.5 Å². The van der Waals surface area contributed by atoms with Gasteiger partial charge in [0.2, 0.25) is 0 Å². The lowest BCUT2D eigenvalue weighted by molar-refractivity contribution is 0.0755. The van der Waals surface area contributed by atoms with Gasteiger partial charge < -0.3 is 20.1 Å². The zero-order valence-corrected chi connectivity index (χ0v) is 13.2. The standard InChI is InChI=1S/C17H18N4O3/c1-17(9-22,10-24-12-5-3-2-4-6-12)21-16(23)14-13-7-8-18-15(13)20-11-19-14/h2-8,11,22H,9-10H2,1H3,(H,21,23)(H,18,19,20). The van der Waals surface area contributed by atoms with Crippen LogP contribution in [0.3, 0.4) is 0 Å². The minimum absolute atomic E-state index is 0.126. The summed E-state index contributed by atoms with van der Waals surface area (Å²) < 4.78 is 5.66. The zero-order valence-electron chi connectivity index (χ0n) is 13.2. The van der Waals surface area contributed by atoms with Crippen LogP contribution >= 0.6 is 0 Å². The summed E-state index contributed by atoms with van der Waals surface area (Å²) in [4.78, 5) is 23.6. The first-order valence-electron chi connectivity index (χ1n) is 7.51. The van der Waals surface area contributed by atoms with Crippen LogP contribution in [0.15, 0.2) is 48.9 Å². The molecule has 0 aliphatic rings. The average Bonchev–Trinajstić information content (AvgIpc) is 3.09. The van der Waals surface area contributed by atoms with Gasteiger partial charge in [-0.3, -0.25) is 4.79 Å². The molecule has 0 bridgehead atoms. The zero-order chi connectivity index (χ0) is 17.0. The van der Waals surface area contributed by atoms with Gasteiger partial charge in [-0.15, -0.1) is 0 Å². The maximum atomic E-state index is 12.6. The predicted molar refractivity (Wildman–Crippen MR) is 88.8 cm³/mol. The van der Waals surface area contributed by atoms with Crippen molar-refractivity contribution >= 4 is 16.9 Å². The van der Waals surface area contributed by atoms with E-state index < -0.39 is 11.4 Å². The summed E-state index contributed by atoms with van der Waals surface area (Å²) >= 11 is 0. The third kappa shape index (κ3) is 3.36. The van der Waals surface area contributed by atoms with E-state index >= 15 is 0 Å². The predicted octanol–water partition coefficient (Wildman–Crippen LogP) is 1.52. The lowest BCUT2D eigenvalue weighted by Crippen LogP contribution is -2.53. The normalized spacial score (nSPS) is 13.4. The molecule has 3 N–H and O–H groups in total. The highest BCUT2D eigenvalue weighted by Gasteiger charge is 2.28. The van der Waals surface area contributed by atoms with E-state index in [0.717, 1.165) is 0 Å². The summed E-state index contributed by atoms with van der Waals surface area (Å²) in [6, 6.07) is 11.0. The number of fused-ring (bicyclic) bond motifs is 1. The molecule has 0 spiro atoms. The van der Waals surface area contributed by atoms with E-state index in [0.29, 0.717) is 16.8 Å². The summed E-state index contributed by atoms with van der Waals surface area (Å²) in [6.45, 7) is 1.57. The van der Waals surface area contributed by atoms with E-state index in [1.807, 2.05) is 30.3 Å². The largest absolute Gasteiger partial charge is 0.491 e. The van der Waals surface area contributed by atoms with Gasteiger partial charge in [-0.1, -0.05) is 18.2 Å². The van der Waals surface area contributed by atoms with E-state index in [-0.39, 0.29) is 18.9 Å². The molecule has 3 aromatic rings. The summed E-state index contributed by atoms with van der Waals surface area (Å²) in [7, 11) is 0. The number of rotatable bonds is 6. The number of ether oxygens (including phenoxy) is 1. The summed E-state index contributed by atoms with van der Waals surface area (Å²) in [5, 5.41) is 13.1. The number of para-hydroxylation sites is 1. The summed E-state index contributed by atoms with van der Waals surface area (Å²) in [5.41, 5.74) is -0.109. The van der Waals surface area contributed by atoms with Gasteiger partial charge in [0.15, 0.2) is 0 Å². The van der Waals surface area contributed by atoms with E-state index in [9.17, 15) is 9.90 Å². The molecule has 0 saturated heterocycles. The molecule has 1 aromatic carbocycles. The van der Waals surface area contributed by atoms with Crippen LogP contribution in [0.5, 0.6) is 5.75 Å². The fraction of sp³-hybridized carbons (Fsp3) is 0.235. The molecule has 0 saturated carbocycles. The Hall–Kier alpha value is -2.93. The van der Waals surface area contributed by atoms with Crippen molar-refractivity contribution in [3.8, 4) is 5.75 Å². The highest BCUT2D eigenvalue weighted by molar-refractivity contribution is 6.03. The van der Waals surface area contributed by atoms with Crippen molar-refractivity contribution in [1.29, 1.82) is 0 Å². The van der Waals surface area contributed by atoms with Crippen LogP contribution in [-0.2, 0) is 0 Å². The number of aliphatic hydroxyl groups is 1. The molecule has 2 heterocycles. The number of nitrogens with one attached hydrogen (secondary N) is 2. The van der Waals surface area contributed by atoms with Crippen LogP contribution in [0.4, 0.5) is 0 Å². The van der Waals surface area contributed by atoms with Crippen molar-refractivity contribution in [3.63, 3.8) is 0 Å². The number of aliphatic hydroxyl groups excluding tert-OH is 1. The molecular weight excluding hydrogens is 308 g/mol. The molecule has 7 heteroatoms. The number of benzene rings is 1. The van der Waals surface area contributed by atoms with Crippen LogP contribution < -0.4 is 10.1 Å². The third-order valence-corrected chi connectivity index (χ3v) is 3.63. The molecule has 7 nitrogen and oxygen atoms in total. The molecule has 24 heavy (non-hydrogen) atoms. The molecule has 0 aliphatic heterocycles. The van der Waals surface area contributed by atoms with Gasteiger partial charge >= 0.3 is 0 Å². The Balaban J connectivity index is 1.74. The van der Waals surface area contributed by atoms with E-state index in [2.05, 4.69) is 20.3 Å². The minimum Gasteiger partial charge on any atom is -0.491 e. The average molecular weight is 326 g/mol. The van der Waals surface area contributed by atoms with Crippen LogP contribution in [0.2, 0.25) is 0 Å². The Morgan fingerprint density at radius 1 is 1.29 bits per heavy atom. The quantitative estimate of drug-likeness (QED) is 0.638. The molecule has 1 amide bonds. The first-order valence-corrected chi connectivity index (χ1v) is 7.51. The van der Waals surface area contributed by atoms with Gasteiger partial charge in [-0.25, -0.2) is 9.97 Å². The molecule has 0 aliphatic carbocycles. The molecule has 3 rings (SSSR count). The highest BCUT2D eigenvalue weighted by Crippen LogP contribution is 2.15. The van der Waals surface area contributed by atoms with Gasteiger partial charge in [-0.2, -0.15) is 0 Å². The number of hydrogen-bond acceptors (Lipinski definition) is 5. The highest BCUT2D eigenvalue weighted by atomic mass is 16.5. The van der Waals surface area contributed by atoms with Gasteiger partial charge in [0.1, 0.15) is 30.0 Å². The first-order chi connectivity index (χ1) is 11.6. The second-order valence-corrected chi connectivity index (χ2v) is 5.74. The van der Waals surface area contributed by atoms with E-state index in [1.54, 1.807) is 19.2 Å². The Morgan fingerprint density at radius 2 is 2.08 bits per heavy atom. The SMILES string of the molecule is CC(CO)(COc1ccccc1)NC(=O)c1ncnc2[nH]ccc12. The maximum Gasteiger partial charge on any atom is 0.271 e. The minimum atomic E-state index is -0.944. The van der Waals surface area contributed by atoms with E-state index in [1.165, 1.54) is 6.33 Å². The van der Waals surface area contributed by atoms with Crippen molar-refractivity contribution in [2.24, 2.45) is 0 Å². The van der Waals surface area contributed by atoms with Crippen LogP contribution in [0.1, 0.15) is 17.4 Å². The Morgan fingerprint density at radius 3 is 2.83 bits per heavy atom. The molecule has 0 fully saturated rings. The monoisotopic (exact) mass is 326 g/mol. The number of nitrogens with zero attached hydrogens (tertiary/aromatic N) is 2. The lowest BCUT2D eigenvalue weighted by atomic mass is 10.0. The number of H-pyrrole nitrogens is 1. The number of aromatic amines is 1. The third-order valence-electron chi connectivity index (χ3n) is 3.63. The molecule has 1 atom stereocenters. The summed E-state index contributed by atoms with van der Waals surface area (Å²) in [6.07, 6.45) is 3.02. The van der Waals surface area contributed by atoms with Crippen LogP contribution in [0.25, 0.3) is 11.0 Å². The number of aromatic nitrogens is 3. The number of hydrogen-bond donors (Lipinski definition) is 3. The molecule has 1 unspecified atom stereocenters. The first kappa shape index (κ1) is 15.9. The lowest BCUT2D eigenvalue weighted by Gasteiger charge is -2.28. The van der Waals surface area contributed by atoms with Crippen molar-refractivity contribution in [2.75, 3.05) is 13.2 Å². The Kier molecular flexibility index (Phi) is 4.43. The molecule has 0 radical (unpaired) electrons. The molecule has 2 aromatic heterocycles. The van der Waals surface area contributed by atoms with E-state index in [4.69, 9.17) is 4.74 Å². The molecule has 124 valence electrons. The maximum absolute atomic E-state index is 12.6. The van der Waals surface area contributed by atoms with Crippen molar-refractivity contribution in [1.82, 2.24) is 20.3 Å². The fourth-order valence-electron chi connectivity index (χ4n) is 2.27. The van der Waals surface area contributed by atoms with Gasteiger partial charge in [0.25, 0.3) is 5.91 Å². The molecular formula is C17H18N4O3. The van der Waals surface area contributed by atoms with Crippen LogP contribution in [0, 0.1) is 0 Å². The number of carbonyl (C=O) groups excluding carboxylic acids is 1. The topological polar surface area (TPSA) is 100 Å². The number of amides is 1. The second kappa shape index (κ2) is 6.67. The number of carbonyl (C=O) groups is 1. The second-order valence-electron chi connectivity index (χ2n) is 5.74. The summed E-state index contributed by atoms with van der Waals surface area (Å²) in [5.74, 6) is 0.275. The van der Waals surface area contributed by atoms with Crippen molar-refractivity contribution < 1.29 is 14.6 Å². The fourth-order valence-corrected chi connectivity index (χ4v) is 2.27. The van der Waals surface area contributed by atoms with Gasteiger partial charge in [0.05, 0.1) is 17.5 Å². The van der Waals surface area contributed by atoms with Gasteiger partial charge in [-0.05, 0) is 25.1 Å². The smallest absolute Gasteiger partial charge is 0.271 e. The Bertz CT molecular complexity index is 834.